The molecule has 2 aromatic rings. The Balaban J connectivity index is 2.03. The molecular formula is C16H17FN2O2. The van der Waals surface area contributed by atoms with Gasteiger partial charge in [0.15, 0.2) is 5.43 Å². The second kappa shape index (κ2) is 6.35. The van der Waals surface area contributed by atoms with Crippen molar-refractivity contribution in [1.29, 1.82) is 0 Å². The first-order valence-electron chi connectivity index (χ1n) is 6.65. The SMILES string of the molecule is Cc1cc(=O)cc(C)n1CC(=O)NCc1ccccc1F. The second-order valence-corrected chi connectivity index (χ2v) is 4.93. The molecule has 21 heavy (non-hydrogen) atoms. The predicted octanol–water partition coefficient (Wildman–Crippen LogP) is 1.92. The lowest BCUT2D eigenvalue weighted by atomic mass is 10.2. The van der Waals surface area contributed by atoms with E-state index < -0.39 is 0 Å². The third-order valence-corrected chi connectivity index (χ3v) is 3.29. The van der Waals surface area contributed by atoms with Crippen LogP contribution >= 0.6 is 0 Å². The van der Waals surface area contributed by atoms with E-state index >= 15 is 0 Å². The highest BCUT2D eigenvalue weighted by atomic mass is 19.1. The summed E-state index contributed by atoms with van der Waals surface area (Å²) in [7, 11) is 0. The molecule has 0 aliphatic rings. The van der Waals surface area contributed by atoms with E-state index in [0.29, 0.717) is 5.56 Å². The number of nitrogens with one attached hydrogen (secondary N) is 1. The first-order chi connectivity index (χ1) is 9.97. The van der Waals surface area contributed by atoms with E-state index in [1.165, 1.54) is 18.2 Å². The minimum Gasteiger partial charge on any atom is -0.350 e. The van der Waals surface area contributed by atoms with Crippen LogP contribution in [0.5, 0.6) is 0 Å². The maximum Gasteiger partial charge on any atom is 0.240 e. The van der Waals surface area contributed by atoms with Crippen LogP contribution in [-0.2, 0) is 17.9 Å². The highest BCUT2D eigenvalue weighted by Crippen LogP contribution is 2.06. The van der Waals surface area contributed by atoms with Crippen LogP contribution in [0.2, 0.25) is 0 Å². The number of carbonyl (C=O) groups excluding carboxylic acids is 1. The van der Waals surface area contributed by atoms with Gasteiger partial charge in [-0.3, -0.25) is 9.59 Å². The van der Waals surface area contributed by atoms with Crippen molar-refractivity contribution in [3.63, 3.8) is 0 Å². The van der Waals surface area contributed by atoms with Gasteiger partial charge in [0, 0.05) is 35.6 Å². The molecule has 110 valence electrons. The van der Waals surface area contributed by atoms with Crippen LogP contribution in [0.15, 0.2) is 41.2 Å². The van der Waals surface area contributed by atoms with E-state index in [9.17, 15) is 14.0 Å². The fourth-order valence-corrected chi connectivity index (χ4v) is 2.17. The third kappa shape index (κ3) is 3.78. The fourth-order valence-electron chi connectivity index (χ4n) is 2.17. The van der Waals surface area contributed by atoms with E-state index in [1.54, 1.807) is 36.6 Å². The summed E-state index contributed by atoms with van der Waals surface area (Å²) in [4.78, 5) is 23.3. The summed E-state index contributed by atoms with van der Waals surface area (Å²) < 4.78 is 15.2. The smallest absolute Gasteiger partial charge is 0.240 e. The molecule has 0 aliphatic heterocycles. The van der Waals surface area contributed by atoms with Gasteiger partial charge in [0.05, 0.1) is 0 Å². The monoisotopic (exact) mass is 288 g/mol. The Morgan fingerprint density at radius 1 is 1.19 bits per heavy atom. The van der Waals surface area contributed by atoms with Crippen molar-refractivity contribution in [3.05, 3.63) is 69.4 Å². The number of pyridine rings is 1. The Labute approximate surface area is 122 Å². The van der Waals surface area contributed by atoms with Crippen molar-refractivity contribution >= 4 is 5.91 Å². The lowest BCUT2D eigenvalue weighted by Crippen LogP contribution is -2.29. The number of halogens is 1. The van der Waals surface area contributed by atoms with Crippen molar-refractivity contribution in [3.8, 4) is 0 Å². The lowest BCUT2D eigenvalue weighted by molar-refractivity contribution is -0.121. The van der Waals surface area contributed by atoms with Gasteiger partial charge >= 0.3 is 0 Å². The van der Waals surface area contributed by atoms with Gasteiger partial charge in [-0.15, -0.1) is 0 Å². The highest BCUT2D eigenvalue weighted by Gasteiger charge is 2.08. The van der Waals surface area contributed by atoms with Crippen LogP contribution in [0.3, 0.4) is 0 Å². The molecule has 1 aromatic carbocycles. The van der Waals surface area contributed by atoms with Crippen LogP contribution in [-0.4, -0.2) is 10.5 Å². The van der Waals surface area contributed by atoms with Crippen LogP contribution in [0.4, 0.5) is 4.39 Å². The number of amides is 1. The lowest BCUT2D eigenvalue weighted by Gasteiger charge is -2.14. The van der Waals surface area contributed by atoms with Crippen molar-refractivity contribution < 1.29 is 9.18 Å². The van der Waals surface area contributed by atoms with Gasteiger partial charge in [-0.2, -0.15) is 0 Å². The number of nitrogens with zero attached hydrogens (tertiary/aromatic N) is 1. The molecule has 0 saturated heterocycles. The molecule has 1 heterocycles. The fraction of sp³-hybridized carbons (Fsp3) is 0.250. The van der Waals surface area contributed by atoms with Crippen molar-refractivity contribution in [2.24, 2.45) is 0 Å². The normalized spacial score (nSPS) is 10.4. The first kappa shape index (κ1) is 15.0. The maximum absolute atomic E-state index is 13.4. The second-order valence-electron chi connectivity index (χ2n) is 4.93. The van der Waals surface area contributed by atoms with Gasteiger partial charge in [-0.05, 0) is 19.9 Å². The zero-order valence-electron chi connectivity index (χ0n) is 12.0. The van der Waals surface area contributed by atoms with Gasteiger partial charge in [0.2, 0.25) is 5.91 Å². The Morgan fingerprint density at radius 2 is 1.81 bits per heavy atom. The number of aryl methyl sites for hydroxylation is 2. The Bertz CT molecular complexity index is 696. The molecule has 0 fully saturated rings. The number of benzene rings is 1. The van der Waals surface area contributed by atoms with Gasteiger partial charge in [-0.25, -0.2) is 4.39 Å². The minimum atomic E-state index is -0.339. The molecular weight excluding hydrogens is 271 g/mol. The quantitative estimate of drug-likeness (QED) is 0.934. The van der Waals surface area contributed by atoms with Crippen molar-refractivity contribution in [1.82, 2.24) is 9.88 Å². The summed E-state index contributed by atoms with van der Waals surface area (Å²) in [6, 6.07) is 9.28. The first-order valence-corrected chi connectivity index (χ1v) is 6.65. The average molecular weight is 288 g/mol. The molecule has 1 N–H and O–H groups in total. The van der Waals surface area contributed by atoms with Crippen LogP contribution in [0.1, 0.15) is 17.0 Å². The summed E-state index contributed by atoms with van der Waals surface area (Å²) in [6.07, 6.45) is 0. The standard InChI is InChI=1S/C16H17FN2O2/c1-11-7-14(20)8-12(2)19(11)10-16(21)18-9-13-5-3-4-6-15(13)17/h3-8H,9-10H2,1-2H3,(H,18,21). The molecule has 0 spiro atoms. The molecule has 5 heteroatoms. The van der Waals surface area contributed by atoms with E-state index in [0.717, 1.165) is 11.4 Å². The number of hydrogen-bond acceptors (Lipinski definition) is 2. The highest BCUT2D eigenvalue weighted by molar-refractivity contribution is 5.75. The average Bonchev–Trinajstić information content (AvgIpc) is 2.42. The Morgan fingerprint density at radius 3 is 2.43 bits per heavy atom. The van der Waals surface area contributed by atoms with Crippen LogP contribution in [0, 0.1) is 19.7 Å². The summed E-state index contributed by atoms with van der Waals surface area (Å²) >= 11 is 0. The molecule has 1 amide bonds. The number of hydrogen-bond donors (Lipinski definition) is 1. The van der Waals surface area contributed by atoms with E-state index in [2.05, 4.69) is 5.32 Å². The number of carbonyl (C=O) groups is 1. The van der Waals surface area contributed by atoms with Gasteiger partial charge in [0.1, 0.15) is 12.4 Å². The largest absolute Gasteiger partial charge is 0.350 e. The van der Waals surface area contributed by atoms with Crippen LogP contribution < -0.4 is 10.7 Å². The Kier molecular flexibility index (Phi) is 4.52. The molecule has 0 unspecified atom stereocenters. The maximum atomic E-state index is 13.4. The molecule has 0 atom stereocenters. The van der Waals surface area contributed by atoms with Gasteiger partial charge in [0.25, 0.3) is 0 Å². The zero-order chi connectivity index (χ0) is 15.4. The van der Waals surface area contributed by atoms with Gasteiger partial charge < -0.3 is 9.88 Å². The minimum absolute atomic E-state index is 0.0759. The molecule has 0 radical (unpaired) electrons. The van der Waals surface area contributed by atoms with Crippen molar-refractivity contribution in [2.45, 2.75) is 26.9 Å². The van der Waals surface area contributed by atoms with Gasteiger partial charge in [-0.1, -0.05) is 18.2 Å². The molecule has 1 aromatic heterocycles. The summed E-state index contributed by atoms with van der Waals surface area (Å²) in [5, 5.41) is 2.68. The Hall–Kier alpha value is -2.43. The number of aromatic nitrogens is 1. The molecule has 2 rings (SSSR count). The summed E-state index contributed by atoms with van der Waals surface area (Å²) in [5.41, 5.74) is 1.81. The predicted molar refractivity (Wildman–Crippen MR) is 78.4 cm³/mol. The van der Waals surface area contributed by atoms with E-state index in [-0.39, 0.29) is 30.2 Å². The van der Waals surface area contributed by atoms with E-state index in [1.807, 2.05) is 0 Å². The van der Waals surface area contributed by atoms with E-state index in [4.69, 9.17) is 0 Å². The summed E-state index contributed by atoms with van der Waals surface area (Å²) in [6.45, 7) is 3.80. The summed E-state index contributed by atoms with van der Waals surface area (Å²) in [5.74, 6) is -0.568. The third-order valence-electron chi connectivity index (χ3n) is 3.29. The molecule has 0 bridgehead atoms. The number of rotatable bonds is 4. The molecule has 4 nitrogen and oxygen atoms in total. The van der Waals surface area contributed by atoms with Crippen LogP contribution in [0.25, 0.3) is 0 Å². The topological polar surface area (TPSA) is 51.1 Å². The molecule has 0 saturated carbocycles. The zero-order valence-corrected chi connectivity index (χ0v) is 12.0. The molecule has 0 aliphatic carbocycles. The van der Waals surface area contributed by atoms with Crippen molar-refractivity contribution in [2.75, 3.05) is 0 Å².